The fraction of sp³-hybridized carbons (Fsp3) is 0.690. The van der Waals surface area contributed by atoms with Gasteiger partial charge in [0, 0.05) is 30.6 Å². The Morgan fingerprint density at radius 2 is 1.63 bits per heavy atom. The molecule has 0 bridgehead atoms. The van der Waals surface area contributed by atoms with E-state index in [1.807, 2.05) is 20.8 Å². The van der Waals surface area contributed by atoms with E-state index in [9.17, 15) is 24.6 Å². The quantitative estimate of drug-likeness (QED) is 0.448. The molecule has 4 aliphatic rings. The van der Waals surface area contributed by atoms with Gasteiger partial charge in [-0.15, -0.1) is 0 Å². The first kappa shape index (κ1) is 27.1. The largest absolute Gasteiger partial charge is 0.462 e. The van der Waals surface area contributed by atoms with E-state index < -0.39 is 57.9 Å². The van der Waals surface area contributed by atoms with Gasteiger partial charge in [-0.3, -0.25) is 9.59 Å². The third kappa shape index (κ3) is 3.72. The molecular formula is C29H38O9. The maximum atomic E-state index is 13.3. The third-order valence-corrected chi connectivity index (χ3v) is 10.5. The number of hydrogen-bond acceptors (Lipinski definition) is 9. The van der Waals surface area contributed by atoms with E-state index in [1.54, 1.807) is 37.3 Å². The number of hydrogen-bond donors (Lipinski definition) is 2. The lowest BCUT2D eigenvalue weighted by Crippen LogP contribution is -2.79. The molecule has 2 heterocycles. The number of aliphatic hydroxyl groups excluding tert-OH is 1. The van der Waals surface area contributed by atoms with Crippen LogP contribution in [0.1, 0.15) is 77.1 Å². The maximum Gasteiger partial charge on any atom is 0.338 e. The number of fused-ring (bicyclic) bond motifs is 3. The van der Waals surface area contributed by atoms with Gasteiger partial charge in [-0.25, -0.2) is 4.79 Å². The summed E-state index contributed by atoms with van der Waals surface area (Å²) in [5, 5.41) is 22.9. The molecule has 1 spiro atoms. The smallest absolute Gasteiger partial charge is 0.338 e. The van der Waals surface area contributed by atoms with Crippen molar-refractivity contribution in [2.75, 3.05) is 6.61 Å². The molecule has 38 heavy (non-hydrogen) atoms. The number of aliphatic hydroxyl groups is 2. The average Bonchev–Trinajstić information content (AvgIpc) is 3.19. The molecule has 9 atom stereocenters. The Bertz CT molecular complexity index is 1130. The normalized spacial score (nSPS) is 46.0. The summed E-state index contributed by atoms with van der Waals surface area (Å²) in [7, 11) is 0. The minimum Gasteiger partial charge on any atom is -0.462 e. The fourth-order valence-corrected chi connectivity index (χ4v) is 8.10. The second-order valence-corrected chi connectivity index (χ2v) is 12.5. The zero-order valence-electron chi connectivity index (χ0n) is 22.7. The summed E-state index contributed by atoms with van der Waals surface area (Å²) in [6.07, 6.45) is -1.30. The van der Waals surface area contributed by atoms with Crippen molar-refractivity contribution in [3.05, 3.63) is 35.9 Å². The Hall–Kier alpha value is -2.49. The zero-order chi connectivity index (χ0) is 27.7. The van der Waals surface area contributed by atoms with Gasteiger partial charge in [-0.2, -0.15) is 0 Å². The molecule has 208 valence electrons. The highest BCUT2D eigenvalue weighted by molar-refractivity contribution is 5.89. The Balaban J connectivity index is 1.64. The monoisotopic (exact) mass is 530 g/mol. The van der Waals surface area contributed by atoms with Crippen LogP contribution in [0, 0.1) is 16.7 Å². The van der Waals surface area contributed by atoms with E-state index >= 15 is 0 Å². The van der Waals surface area contributed by atoms with Crippen LogP contribution in [0.3, 0.4) is 0 Å². The van der Waals surface area contributed by atoms with Crippen molar-refractivity contribution in [3.63, 3.8) is 0 Å². The highest BCUT2D eigenvalue weighted by atomic mass is 16.6. The summed E-state index contributed by atoms with van der Waals surface area (Å²) in [5.41, 5.74) is -5.21. The first-order valence-electron chi connectivity index (χ1n) is 13.4. The summed E-state index contributed by atoms with van der Waals surface area (Å²) >= 11 is 0. The van der Waals surface area contributed by atoms with Crippen LogP contribution in [-0.4, -0.2) is 69.8 Å². The number of benzene rings is 1. The Kier molecular flexibility index (Phi) is 6.25. The molecule has 0 radical (unpaired) electrons. The number of carbonyl (C=O) groups is 3. The Morgan fingerprint density at radius 3 is 2.24 bits per heavy atom. The van der Waals surface area contributed by atoms with Gasteiger partial charge < -0.3 is 29.2 Å². The predicted octanol–water partition coefficient (Wildman–Crippen LogP) is 2.95. The van der Waals surface area contributed by atoms with Crippen molar-refractivity contribution >= 4 is 17.9 Å². The van der Waals surface area contributed by atoms with Crippen LogP contribution in [0.15, 0.2) is 30.3 Å². The van der Waals surface area contributed by atoms with Crippen molar-refractivity contribution in [1.29, 1.82) is 0 Å². The van der Waals surface area contributed by atoms with Crippen LogP contribution in [0.4, 0.5) is 0 Å². The SMILES string of the molecule is CC(=O)OC1CC2(COC(=O)C2)OC2(C)CC(OC(=O)c3ccccc3)C3(C)C(CCC(O)C3(C)O)C12C. The van der Waals surface area contributed by atoms with Gasteiger partial charge in [0.15, 0.2) is 0 Å². The third-order valence-electron chi connectivity index (χ3n) is 10.5. The first-order chi connectivity index (χ1) is 17.7. The first-order valence-corrected chi connectivity index (χ1v) is 13.4. The maximum absolute atomic E-state index is 13.3. The van der Waals surface area contributed by atoms with Crippen LogP contribution in [0.2, 0.25) is 0 Å². The van der Waals surface area contributed by atoms with Crippen LogP contribution in [0.25, 0.3) is 0 Å². The second kappa shape index (κ2) is 8.76. The molecule has 2 saturated heterocycles. The lowest BCUT2D eigenvalue weighted by Gasteiger charge is -2.71. The van der Waals surface area contributed by atoms with Crippen molar-refractivity contribution in [2.24, 2.45) is 16.7 Å². The molecule has 5 rings (SSSR count). The van der Waals surface area contributed by atoms with E-state index in [0.717, 1.165) is 0 Å². The van der Waals surface area contributed by atoms with Gasteiger partial charge in [0.1, 0.15) is 24.4 Å². The average molecular weight is 531 g/mol. The fourth-order valence-electron chi connectivity index (χ4n) is 8.10. The van der Waals surface area contributed by atoms with Crippen molar-refractivity contribution in [3.8, 4) is 0 Å². The molecular weight excluding hydrogens is 492 g/mol. The number of esters is 3. The number of cyclic esters (lactones) is 1. The van der Waals surface area contributed by atoms with Crippen LogP contribution < -0.4 is 0 Å². The van der Waals surface area contributed by atoms with E-state index in [4.69, 9.17) is 18.9 Å². The molecule has 2 aliphatic carbocycles. The summed E-state index contributed by atoms with van der Waals surface area (Å²) in [5.74, 6) is -1.75. The van der Waals surface area contributed by atoms with E-state index in [2.05, 4.69) is 0 Å². The van der Waals surface area contributed by atoms with Gasteiger partial charge in [-0.05, 0) is 44.7 Å². The molecule has 2 N–H and O–H groups in total. The standard InChI is InChI=1S/C29H38O9/c1-17(30)36-22-14-29(15-23(32)35-16-29)38-25(2)13-21(37-24(33)18-9-7-6-8-10-18)27(4)19(26(22,25)3)11-12-20(31)28(27,5)34/h6-10,19-22,31,34H,11-16H2,1-5H3. The molecule has 1 aromatic carbocycles. The van der Waals surface area contributed by atoms with Gasteiger partial charge >= 0.3 is 17.9 Å². The minimum atomic E-state index is -1.62. The van der Waals surface area contributed by atoms with Gasteiger partial charge in [-0.1, -0.05) is 32.0 Å². The lowest BCUT2D eigenvalue weighted by molar-refractivity contribution is -0.363. The van der Waals surface area contributed by atoms with Crippen LogP contribution >= 0.6 is 0 Å². The van der Waals surface area contributed by atoms with E-state index in [-0.39, 0.29) is 37.8 Å². The summed E-state index contributed by atoms with van der Waals surface area (Å²) in [4.78, 5) is 37.9. The van der Waals surface area contributed by atoms with Crippen molar-refractivity contribution < 1.29 is 43.5 Å². The van der Waals surface area contributed by atoms with Crippen molar-refractivity contribution in [1.82, 2.24) is 0 Å². The molecule has 1 aromatic rings. The molecule has 2 saturated carbocycles. The molecule has 0 aromatic heterocycles. The summed E-state index contributed by atoms with van der Waals surface area (Å²) in [6.45, 7) is 8.75. The number of ether oxygens (including phenoxy) is 4. The number of rotatable bonds is 3. The van der Waals surface area contributed by atoms with Crippen molar-refractivity contribution in [2.45, 2.75) is 102 Å². The second-order valence-electron chi connectivity index (χ2n) is 12.5. The van der Waals surface area contributed by atoms with Gasteiger partial charge in [0.2, 0.25) is 0 Å². The molecule has 9 heteroatoms. The van der Waals surface area contributed by atoms with E-state index in [1.165, 1.54) is 6.92 Å². The summed E-state index contributed by atoms with van der Waals surface area (Å²) < 4.78 is 24.3. The summed E-state index contributed by atoms with van der Waals surface area (Å²) in [6, 6.07) is 8.62. The van der Waals surface area contributed by atoms with E-state index in [0.29, 0.717) is 18.4 Å². The predicted molar refractivity (Wildman–Crippen MR) is 134 cm³/mol. The molecule has 2 aliphatic heterocycles. The number of carbonyl (C=O) groups excluding carboxylic acids is 3. The van der Waals surface area contributed by atoms with Gasteiger partial charge in [0.25, 0.3) is 0 Å². The Morgan fingerprint density at radius 1 is 0.974 bits per heavy atom. The molecule has 9 unspecified atom stereocenters. The molecule has 0 amide bonds. The zero-order valence-corrected chi connectivity index (χ0v) is 22.7. The highest BCUT2D eigenvalue weighted by Crippen LogP contribution is 2.69. The minimum absolute atomic E-state index is 0.0310. The molecule has 9 nitrogen and oxygen atoms in total. The lowest BCUT2D eigenvalue weighted by atomic mass is 9.39. The highest BCUT2D eigenvalue weighted by Gasteiger charge is 2.77. The molecule has 4 fully saturated rings. The topological polar surface area (TPSA) is 129 Å². The van der Waals surface area contributed by atoms with Crippen LogP contribution in [-0.2, 0) is 28.5 Å². The Labute approximate surface area is 222 Å². The van der Waals surface area contributed by atoms with Crippen LogP contribution in [0.5, 0.6) is 0 Å². The van der Waals surface area contributed by atoms with Gasteiger partial charge in [0.05, 0.1) is 29.3 Å².